The van der Waals surface area contributed by atoms with E-state index in [2.05, 4.69) is 83.4 Å². The minimum atomic E-state index is -1.48. The van der Waals surface area contributed by atoms with Crippen molar-refractivity contribution in [2.24, 2.45) is 0 Å². The van der Waals surface area contributed by atoms with Crippen LogP contribution in [-0.4, -0.2) is 24.6 Å². The summed E-state index contributed by atoms with van der Waals surface area (Å²) < 4.78 is -1.48. The molecule has 0 heterocycles. The quantitative estimate of drug-likeness (QED) is 0.325. The van der Waals surface area contributed by atoms with Crippen molar-refractivity contribution in [3.63, 3.8) is 0 Å². The number of halogens is 2. The van der Waals surface area contributed by atoms with Crippen LogP contribution in [0.1, 0.15) is 27.7 Å². The average molecular weight is 458 g/mol. The van der Waals surface area contributed by atoms with Gasteiger partial charge in [0.05, 0.1) is 0 Å². The van der Waals surface area contributed by atoms with Crippen LogP contribution in [0.3, 0.4) is 0 Å². The fraction of sp³-hybridized carbons (Fsp3) is 0.800. The van der Waals surface area contributed by atoms with Crippen molar-refractivity contribution in [2.75, 3.05) is 24.6 Å². The van der Waals surface area contributed by atoms with Gasteiger partial charge in [-0.25, -0.2) is 0 Å². The summed E-state index contributed by atoms with van der Waals surface area (Å²) in [7, 11) is 0.179. The van der Waals surface area contributed by atoms with Crippen LogP contribution in [0, 0.1) is 0 Å². The van der Waals surface area contributed by atoms with Gasteiger partial charge in [0, 0.05) is 0 Å². The maximum atomic E-state index is 2.74. The van der Waals surface area contributed by atoms with E-state index in [-0.39, 0.29) is 7.92 Å². The molecule has 0 amide bonds. The van der Waals surface area contributed by atoms with Crippen LogP contribution in [0.4, 0.5) is 0 Å². The molecule has 0 saturated carbocycles. The normalized spacial score (nSPS) is 16.1. The zero-order valence-corrected chi connectivity index (χ0v) is 15.7. The molecule has 4 heteroatoms. The van der Waals surface area contributed by atoms with E-state index in [0.29, 0.717) is 0 Å². The zero-order chi connectivity index (χ0) is 11.3. The topological polar surface area (TPSA) is 0 Å². The monoisotopic (exact) mass is 458 g/mol. The average Bonchev–Trinajstić information content (AvgIpc) is 2.20. The van der Waals surface area contributed by atoms with E-state index >= 15 is 0 Å². The molecule has 0 unspecified atom stereocenters. The van der Waals surface area contributed by atoms with Crippen LogP contribution in [0.15, 0.2) is 11.6 Å². The molecule has 0 rings (SSSR count). The van der Waals surface area contributed by atoms with Gasteiger partial charge in [-0.2, -0.15) is 0 Å². The molecule has 0 aliphatic carbocycles. The Hall–Kier alpha value is 2.06. The summed E-state index contributed by atoms with van der Waals surface area (Å²) in [5.74, 6) is 5.13. The molecule has 0 aromatic heterocycles. The first-order valence-electron chi connectivity index (χ1n) is 5.28. The molecule has 0 nitrogen and oxygen atoms in total. The summed E-state index contributed by atoms with van der Waals surface area (Å²) in [6, 6.07) is 0. The van der Waals surface area contributed by atoms with E-state index in [9.17, 15) is 0 Å². The van der Waals surface area contributed by atoms with Crippen LogP contribution < -0.4 is 0 Å². The Morgan fingerprint density at radius 3 is 1.71 bits per heavy atom. The van der Waals surface area contributed by atoms with Gasteiger partial charge < -0.3 is 0 Å². The molecule has 0 N–H and O–H groups in total. The Morgan fingerprint density at radius 2 is 1.43 bits per heavy atom. The molecule has 0 spiro atoms. The molecule has 0 aromatic carbocycles. The van der Waals surface area contributed by atoms with Crippen molar-refractivity contribution in [2.45, 2.75) is 27.7 Å². The molecule has 0 aliphatic heterocycles. The Balaban J connectivity index is 4.60. The number of rotatable bonds is 6. The van der Waals surface area contributed by atoms with Crippen LogP contribution >= 0.6 is 53.9 Å². The van der Waals surface area contributed by atoms with Crippen molar-refractivity contribution in [1.82, 2.24) is 0 Å². The first-order chi connectivity index (χ1) is 6.40. The second-order valence-electron chi connectivity index (χ2n) is 3.48. The standard InChI is InChI=1S/C10H22I2P2/c1-5-13(6-2)9-10-14(11,12,7-3)8-4/h9-10H,5-8H2,1-4H3. The molecule has 0 radical (unpaired) electrons. The minimum absolute atomic E-state index is 0.179. The zero-order valence-electron chi connectivity index (χ0n) is 9.63. The fourth-order valence-corrected chi connectivity index (χ4v) is 7.35. The van der Waals surface area contributed by atoms with E-state index in [1.165, 1.54) is 24.6 Å². The molecule has 0 atom stereocenters. The molecule has 0 aliphatic rings. The van der Waals surface area contributed by atoms with Crippen molar-refractivity contribution in [3.8, 4) is 0 Å². The Bertz CT molecular complexity index is 190. The molecule has 14 heavy (non-hydrogen) atoms. The second kappa shape index (κ2) is 6.71. The Labute approximate surface area is 117 Å². The van der Waals surface area contributed by atoms with Crippen LogP contribution in [-0.2, 0) is 0 Å². The van der Waals surface area contributed by atoms with Crippen molar-refractivity contribution in [1.29, 1.82) is 0 Å². The van der Waals surface area contributed by atoms with Crippen LogP contribution in [0.2, 0.25) is 0 Å². The van der Waals surface area contributed by atoms with E-state index in [1.807, 2.05) is 0 Å². The Morgan fingerprint density at radius 1 is 1.00 bits per heavy atom. The summed E-state index contributed by atoms with van der Waals surface area (Å²) in [4.78, 5) is 0. The van der Waals surface area contributed by atoms with E-state index < -0.39 is 1.89 Å². The molecule has 0 aromatic rings. The van der Waals surface area contributed by atoms with Gasteiger partial charge in [0.25, 0.3) is 0 Å². The SMILES string of the molecule is CCP(C=CP(I)(I)(CC)CC)CC. The van der Waals surface area contributed by atoms with Gasteiger partial charge >= 0.3 is 118 Å². The molecule has 0 bridgehead atoms. The van der Waals surface area contributed by atoms with Gasteiger partial charge in [0.2, 0.25) is 0 Å². The summed E-state index contributed by atoms with van der Waals surface area (Å²) in [5.41, 5.74) is 0. The summed E-state index contributed by atoms with van der Waals surface area (Å²) in [6.45, 7) is 9.30. The third kappa shape index (κ3) is 5.41. The summed E-state index contributed by atoms with van der Waals surface area (Å²) in [5, 5.41) is 0. The van der Waals surface area contributed by atoms with Crippen molar-refractivity contribution < 1.29 is 0 Å². The van der Waals surface area contributed by atoms with E-state index in [1.54, 1.807) is 0 Å². The van der Waals surface area contributed by atoms with Crippen LogP contribution in [0.5, 0.6) is 0 Å². The maximum absolute atomic E-state index is 2.74. The molecular weight excluding hydrogens is 436 g/mol. The van der Waals surface area contributed by atoms with Gasteiger partial charge in [-0.05, 0) is 0 Å². The van der Waals surface area contributed by atoms with Gasteiger partial charge in [0.1, 0.15) is 0 Å². The molecular formula is C10H22I2P2. The Kier molecular flexibility index (Phi) is 7.70. The fourth-order valence-electron chi connectivity index (χ4n) is 1.11. The first kappa shape index (κ1) is 16.1. The van der Waals surface area contributed by atoms with Gasteiger partial charge in [-0.1, -0.05) is 0 Å². The predicted octanol–water partition coefficient (Wildman–Crippen LogP) is 6.27. The second-order valence-corrected chi connectivity index (χ2v) is 30.4. The van der Waals surface area contributed by atoms with Gasteiger partial charge in [-0.15, -0.1) is 0 Å². The first-order valence-corrected chi connectivity index (χ1v) is 15.3. The third-order valence-corrected chi connectivity index (χ3v) is 18.6. The van der Waals surface area contributed by atoms with Crippen molar-refractivity contribution >= 4 is 53.9 Å². The summed E-state index contributed by atoms with van der Waals surface area (Å²) >= 11 is 5.49. The summed E-state index contributed by atoms with van der Waals surface area (Å²) in [6.07, 6.45) is 5.34. The van der Waals surface area contributed by atoms with Crippen molar-refractivity contribution in [3.05, 3.63) is 11.6 Å². The van der Waals surface area contributed by atoms with Gasteiger partial charge in [-0.3, -0.25) is 0 Å². The van der Waals surface area contributed by atoms with E-state index in [0.717, 1.165) is 0 Å². The predicted molar refractivity (Wildman–Crippen MR) is 93.2 cm³/mol. The molecule has 86 valence electrons. The number of hydrogen-bond acceptors (Lipinski definition) is 0. The van der Waals surface area contributed by atoms with E-state index in [4.69, 9.17) is 0 Å². The van der Waals surface area contributed by atoms with Crippen LogP contribution in [0.25, 0.3) is 0 Å². The van der Waals surface area contributed by atoms with Gasteiger partial charge in [0.15, 0.2) is 0 Å². The number of hydrogen-bond donors (Lipinski definition) is 0. The third-order valence-electron chi connectivity index (χ3n) is 2.70. The molecule has 0 saturated heterocycles. The molecule has 0 fully saturated rings.